The molecule has 0 saturated carbocycles. The van der Waals surface area contributed by atoms with Gasteiger partial charge in [-0.25, -0.2) is 4.79 Å². The number of nitrogens with one attached hydrogen (secondary N) is 1. The molecule has 0 aliphatic heterocycles. The van der Waals surface area contributed by atoms with E-state index in [4.69, 9.17) is 0 Å². The number of thioether (sulfide) groups is 1. The van der Waals surface area contributed by atoms with Crippen molar-refractivity contribution in [3.05, 3.63) is 95.8 Å². The van der Waals surface area contributed by atoms with E-state index in [9.17, 15) is 15.2 Å². The molecule has 4 rings (SSSR count). The van der Waals surface area contributed by atoms with Crippen LogP contribution in [-0.2, 0) is 5.75 Å². The van der Waals surface area contributed by atoms with Crippen molar-refractivity contribution in [2.24, 2.45) is 0 Å². The molecular formula is C24H17N3NaO2S. The van der Waals surface area contributed by atoms with Crippen LogP contribution in [0.3, 0.4) is 0 Å². The van der Waals surface area contributed by atoms with Crippen LogP contribution in [0.1, 0.15) is 21.5 Å². The fourth-order valence-corrected chi connectivity index (χ4v) is 4.24. The molecule has 0 amide bonds. The Morgan fingerprint density at radius 3 is 2.52 bits per heavy atom. The van der Waals surface area contributed by atoms with Gasteiger partial charge in [0.2, 0.25) is 0 Å². The van der Waals surface area contributed by atoms with E-state index < -0.39 is 5.97 Å². The van der Waals surface area contributed by atoms with Gasteiger partial charge in [-0.2, -0.15) is 5.26 Å². The Balaban J connectivity index is 0.00000272. The number of benzene rings is 3. The van der Waals surface area contributed by atoms with Crippen LogP contribution in [0.4, 0.5) is 11.4 Å². The Kier molecular flexibility index (Phi) is 7.72. The molecule has 0 aliphatic rings. The summed E-state index contributed by atoms with van der Waals surface area (Å²) in [6, 6.07) is 22.6. The molecule has 0 atom stereocenters. The fraction of sp³-hybridized carbons (Fsp3) is 0.0417. The molecule has 2 N–H and O–H groups in total. The monoisotopic (exact) mass is 434 g/mol. The minimum Gasteiger partial charge on any atom is -0.478 e. The Bertz CT molecular complexity index is 1290. The van der Waals surface area contributed by atoms with Crippen LogP contribution in [0.5, 0.6) is 0 Å². The number of carboxylic acids is 1. The molecule has 3 aromatic carbocycles. The quantitative estimate of drug-likeness (QED) is 0.310. The number of rotatable bonds is 6. The van der Waals surface area contributed by atoms with Crippen LogP contribution in [0.2, 0.25) is 0 Å². The van der Waals surface area contributed by atoms with Crippen LogP contribution in [0.25, 0.3) is 10.8 Å². The van der Waals surface area contributed by atoms with Crippen LogP contribution >= 0.6 is 11.8 Å². The molecule has 0 unspecified atom stereocenters. The van der Waals surface area contributed by atoms with Crippen molar-refractivity contribution in [1.82, 2.24) is 4.98 Å². The minimum absolute atomic E-state index is 0. The van der Waals surface area contributed by atoms with Crippen LogP contribution in [0, 0.1) is 11.3 Å². The number of anilines is 2. The third kappa shape index (κ3) is 5.09. The minimum atomic E-state index is -0.927. The van der Waals surface area contributed by atoms with Crippen molar-refractivity contribution in [3.63, 3.8) is 0 Å². The predicted octanol–water partition coefficient (Wildman–Crippen LogP) is 5.46. The second-order valence-corrected chi connectivity index (χ2v) is 7.58. The molecule has 147 valence electrons. The van der Waals surface area contributed by atoms with Gasteiger partial charge in [0, 0.05) is 62.9 Å². The zero-order valence-corrected chi connectivity index (χ0v) is 19.7. The van der Waals surface area contributed by atoms with Crippen LogP contribution in [-0.4, -0.2) is 45.6 Å². The summed E-state index contributed by atoms with van der Waals surface area (Å²) >= 11 is 1.55. The number of nitrogens with zero attached hydrogens (tertiary/aromatic N) is 2. The first-order valence-corrected chi connectivity index (χ1v) is 10.2. The van der Waals surface area contributed by atoms with E-state index in [0.29, 0.717) is 16.9 Å². The maximum absolute atomic E-state index is 11.5. The second-order valence-electron chi connectivity index (χ2n) is 6.57. The summed E-state index contributed by atoms with van der Waals surface area (Å²) in [6.45, 7) is 0. The van der Waals surface area contributed by atoms with Gasteiger partial charge < -0.3 is 10.4 Å². The maximum atomic E-state index is 11.5. The maximum Gasteiger partial charge on any atom is 0.335 e. The van der Waals surface area contributed by atoms with Crippen molar-refractivity contribution >= 4 is 69.4 Å². The standard InChI is InChI=1S/C24H17N3O2S.Na/c25-13-16-9-10-21(20-8-4-3-6-18(16)20)27-22-14-26-12-11-23(22)30-15-17-5-1-2-7-19(17)24(28)29;/h1-12,14,27H,15H2,(H,28,29);. The number of hydrogen-bond donors (Lipinski definition) is 2. The first-order valence-electron chi connectivity index (χ1n) is 9.24. The number of nitriles is 1. The molecule has 1 radical (unpaired) electrons. The fourth-order valence-electron chi connectivity index (χ4n) is 3.26. The van der Waals surface area contributed by atoms with E-state index in [1.54, 1.807) is 42.4 Å². The SMILES string of the molecule is N#Cc1ccc(Nc2cnccc2SCc2ccccc2C(=O)O)c2ccccc12.[Na]. The molecule has 0 bridgehead atoms. The van der Waals surface area contributed by atoms with Gasteiger partial charge in [0.25, 0.3) is 0 Å². The van der Waals surface area contributed by atoms with Gasteiger partial charge >= 0.3 is 5.97 Å². The molecule has 0 spiro atoms. The number of carboxylic acid groups (broad SMARTS) is 1. The first kappa shape index (κ1) is 22.9. The Morgan fingerprint density at radius 2 is 1.74 bits per heavy atom. The summed E-state index contributed by atoms with van der Waals surface area (Å²) in [7, 11) is 0. The first-order chi connectivity index (χ1) is 14.7. The molecule has 1 aromatic heterocycles. The van der Waals surface area contributed by atoms with Crippen LogP contribution < -0.4 is 5.32 Å². The number of carbonyl (C=O) groups is 1. The number of hydrogen-bond acceptors (Lipinski definition) is 5. The van der Waals surface area contributed by atoms with E-state index in [-0.39, 0.29) is 29.6 Å². The second kappa shape index (κ2) is 10.5. The Morgan fingerprint density at radius 1 is 1.00 bits per heavy atom. The summed E-state index contributed by atoms with van der Waals surface area (Å²) < 4.78 is 0. The van der Waals surface area contributed by atoms with Crippen molar-refractivity contribution in [2.45, 2.75) is 10.6 Å². The molecule has 1 heterocycles. The molecule has 31 heavy (non-hydrogen) atoms. The average molecular weight is 434 g/mol. The van der Waals surface area contributed by atoms with Gasteiger partial charge in [0.15, 0.2) is 0 Å². The topological polar surface area (TPSA) is 86.0 Å². The summed E-state index contributed by atoms with van der Waals surface area (Å²) in [6.07, 6.45) is 3.46. The Labute approximate surface area is 206 Å². The van der Waals surface area contributed by atoms with Crippen molar-refractivity contribution in [3.8, 4) is 6.07 Å². The van der Waals surface area contributed by atoms with Crippen LogP contribution in [0.15, 0.2) is 84.0 Å². The zero-order valence-electron chi connectivity index (χ0n) is 16.9. The molecule has 5 nitrogen and oxygen atoms in total. The van der Waals surface area contributed by atoms with Crippen molar-refractivity contribution in [1.29, 1.82) is 5.26 Å². The van der Waals surface area contributed by atoms with Gasteiger partial charge in [-0.05, 0) is 29.8 Å². The van der Waals surface area contributed by atoms with E-state index in [1.807, 2.05) is 48.5 Å². The smallest absolute Gasteiger partial charge is 0.335 e. The molecule has 0 fully saturated rings. The average Bonchev–Trinajstić information content (AvgIpc) is 2.79. The van der Waals surface area contributed by atoms with Gasteiger partial charge in [-0.3, -0.25) is 4.98 Å². The van der Waals surface area contributed by atoms with E-state index in [2.05, 4.69) is 16.4 Å². The summed E-state index contributed by atoms with van der Waals surface area (Å²) in [5, 5.41) is 24.0. The molecule has 4 aromatic rings. The molecule has 7 heteroatoms. The summed E-state index contributed by atoms with van der Waals surface area (Å²) in [5.41, 5.74) is 3.41. The van der Waals surface area contributed by atoms with E-state index in [1.165, 1.54) is 0 Å². The Hall–Kier alpha value is -2.82. The number of fused-ring (bicyclic) bond motifs is 1. The largest absolute Gasteiger partial charge is 0.478 e. The third-order valence-corrected chi connectivity index (χ3v) is 5.85. The molecular weight excluding hydrogens is 417 g/mol. The van der Waals surface area contributed by atoms with Gasteiger partial charge in [0.1, 0.15) is 0 Å². The zero-order chi connectivity index (χ0) is 20.9. The van der Waals surface area contributed by atoms with Gasteiger partial charge in [0.05, 0.1) is 29.1 Å². The van der Waals surface area contributed by atoms with E-state index in [0.717, 1.165) is 32.6 Å². The van der Waals surface area contributed by atoms with Gasteiger partial charge in [-0.1, -0.05) is 42.5 Å². The van der Waals surface area contributed by atoms with Crippen molar-refractivity contribution < 1.29 is 9.90 Å². The summed E-state index contributed by atoms with van der Waals surface area (Å²) in [4.78, 5) is 16.7. The van der Waals surface area contributed by atoms with Gasteiger partial charge in [-0.15, -0.1) is 11.8 Å². The predicted molar refractivity (Wildman–Crippen MR) is 125 cm³/mol. The number of aromatic nitrogens is 1. The normalized spacial score (nSPS) is 10.2. The third-order valence-electron chi connectivity index (χ3n) is 4.73. The van der Waals surface area contributed by atoms with Crippen molar-refractivity contribution in [2.75, 3.05) is 5.32 Å². The summed E-state index contributed by atoms with van der Waals surface area (Å²) in [5.74, 6) is -0.404. The molecule has 0 aliphatic carbocycles. The number of aromatic carboxylic acids is 1. The van der Waals surface area contributed by atoms with E-state index >= 15 is 0 Å². The number of pyridine rings is 1. The molecule has 0 saturated heterocycles.